The van der Waals surface area contributed by atoms with Gasteiger partial charge in [-0.05, 0) is 30.7 Å². The maximum absolute atomic E-state index is 13.7. The number of aryl methyl sites for hydroxylation is 1. The number of ketones is 1. The van der Waals surface area contributed by atoms with Gasteiger partial charge in [0, 0.05) is 24.0 Å². The molecule has 9 heteroatoms. The average Bonchev–Trinajstić information content (AvgIpc) is 3.32. The Balaban J connectivity index is 1.75. The summed E-state index contributed by atoms with van der Waals surface area (Å²) in [6.07, 6.45) is 2.92. The lowest BCUT2D eigenvalue weighted by molar-refractivity contribution is -0.132. The van der Waals surface area contributed by atoms with Crippen LogP contribution in [0, 0.1) is 18.6 Å². The van der Waals surface area contributed by atoms with E-state index in [2.05, 4.69) is 9.97 Å². The molecule has 1 amide bonds. The minimum Gasteiger partial charge on any atom is -0.507 e. The number of aliphatic hydroxyl groups excluding tert-OH is 1. The van der Waals surface area contributed by atoms with Gasteiger partial charge in [0.1, 0.15) is 5.76 Å². The van der Waals surface area contributed by atoms with Gasteiger partial charge in [-0.15, -0.1) is 0 Å². The lowest BCUT2D eigenvalue weighted by Gasteiger charge is -2.23. The zero-order valence-electron chi connectivity index (χ0n) is 17.1. The lowest BCUT2D eigenvalue weighted by Crippen LogP contribution is -2.29. The van der Waals surface area contributed by atoms with E-state index in [1.165, 1.54) is 29.4 Å². The normalized spacial score (nSPS) is 17.8. The van der Waals surface area contributed by atoms with Gasteiger partial charge in [0.05, 0.1) is 21.8 Å². The van der Waals surface area contributed by atoms with Crippen molar-refractivity contribution in [2.45, 2.75) is 13.0 Å². The smallest absolute Gasteiger partial charge is 0.301 e. The summed E-state index contributed by atoms with van der Waals surface area (Å²) in [5.41, 5.74) is 1.85. The van der Waals surface area contributed by atoms with E-state index in [1.807, 2.05) is 13.0 Å². The van der Waals surface area contributed by atoms with Gasteiger partial charge in [0.2, 0.25) is 0 Å². The number of carbonyl (C=O) groups is 2. The molecule has 0 spiro atoms. The molecular formula is C24H15F2N3O3S. The van der Waals surface area contributed by atoms with Crippen molar-refractivity contribution in [2.75, 3.05) is 4.90 Å². The van der Waals surface area contributed by atoms with E-state index in [0.29, 0.717) is 15.8 Å². The second-order valence-corrected chi connectivity index (χ2v) is 8.56. The highest BCUT2D eigenvalue weighted by Gasteiger charge is 2.48. The fraction of sp³-hybridized carbons (Fsp3) is 0.0833. The number of hydrogen-bond acceptors (Lipinski definition) is 6. The number of thiazole rings is 1. The largest absolute Gasteiger partial charge is 0.507 e. The van der Waals surface area contributed by atoms with E-state index >= 15 is 0 Å². The molecule has 1 unspecified atom stereocenters. The Bertz CT molecular complexity index is 1430. The predicted octanol–water partition coefficient (Wildman–Crippen LogP) is 4.90. The van der Waals surface area contributed by atoms with Crippen LogP contribution < -0.4 is 4.90 Å². The molecule has 33 heavy (non-hydrogen) atoms. The number of aromatic nitrogens is 2. The van der Waals surface area contributed by atoms with E-state index in [-0.39, 0.29) is 22.0 Å². The molecular weight excluding hydrogens is 448 g/mol. The van der Waals surface area contributed by atoms with Crippen LogP contribution in [0.1, 0.15) is 22.7 Å². The highest BCUT2D eigenvalue weighted by molar-refractivity contribution is 7.22. The molecule has 4 aromatic rings. The van der Waals surface area contributed by atoms with E-state index in [9.17, 15) is 23.5 Å². The number of rotatable bonds is 3. The summed E-state index contributed by atoms with van der Waals surface area (Å²) in [6.45, 7) is 1.86. The molecule has 0 saturated carbocycles. The first kappa shape index (κ1) is 20.9. The number of pyridine rings is 1. The van der Waals surface area contributed by atoms with Crippen LogP contribution in [-0.4, -0.2) is 26.8 Å². The number of nitrogens with zero attached hydrogens (tertiary/aromatic N) is 3. The highest BCUT2D eigenvalue weighted by Crippen LogP contribution is 2.44. The van der Waals surface area contributed by atoms with Gasteiger partial charge in [0.25, 0.3) is 5.78 Å². The third-order valence-electron chi connectivity index (χ3n) is 5.38. The van der Waals surface area contributed by atoms with Crippen molar-refractivity contribution in [3.8, 4) is 0 Å². The van der Waals surface area contributed by atoms with Gasteiger partial charge in [-0.1, -0.05) is 41.2 Å². The first-order chi connectivity index (χ1) is 15.8. The standard InChI is InChI=1S/C24H15F2N3O3S/c1-12-3-2-4-14(9-12)20-19(21(30)13-5-7-27-8-6-13)22(31)23(32)29(20)24-28-17-10-15(25)16(26)11-18(17)33-24/h2-11,20,30H,1H3/b21-19+. The number of carbonyl (C=O) groups excluding carboxylic acids is 2. The summed E-state index contributed by atoms with van der Waals surface area (Å²) in [4.78, 5) is 35.7. The number of fused-ring (bicyclic) bond motifs is 1. The maximum atomic E-state index is 13.7. The second-order valence-electron chi connectivity index (χ2n) is 7.55. The number of hydrogen-bond donors (Lipinski definition) is 1. The van der Waals surface area contributed by atoms with Crippen LogP contribution in [-0.2, 0) is 9.59 Å². The first-order valence-electron chi connectivity index (χ1n) is 9.88. The van der Waals surface area contributed by atoms with Crippen LogP contribution in [0.25, 0.3) is 16.0 Å². The SMILES string of the molecule is Cc1cccc(C2/C(=C(\O)c3ccncc3)C(=O)C(=O)N2c2nc3cc(F)c(F)cc3s2)c1. The number of aliphatic hydroxyl groups is 1. The van der Waals surface area contributed by atoms with Crippen molar-refractivity contribution in [3.05, 3.63) is 94.8 Å². The fourth-order valence-corrected chi connectivity index (χ4v) is 4.86. The van der Waals surface area contributed by atoms with Crippen LogP contribution in [0.2, 0.25) is 0 Å². The van der Waals surface area contributed by atoms with E-state index in [4.69, 9.17) is 0 Å². The molecule has 1 saturated heterocycles. The second kappa shape index (κ2) is 7.86. The summed E-state index contributed by atoms with van der Waals surface area (Å²) < 4.78 is 27.8. The Morgan fingerprint density at radius 2 is 1.79 bits per heavy atom. The molecule has 0 radical (unpaired) electrons. The summed E-state index contributed by atoms with van der Waals surface area (Å²) >= 11 is 0.956. The lowest BCUT2D eigenvalue weighted by atomic mass is 9.95. The monoisotopic (exact) mass is 463 g/mol. The molecule has 2 aromatic carbocycles. The molecule has 1 N–H and O–H groups in total. The molecule has 164 valence electrons. The van der Waals surface area contributed by atoms with Crippen LogP contribution >= 0.6 is 11.3 Å². The zero-order chi connectivity index (χ0) is 23.3. The van der Waals surface area contributed by atoms with Gasteiger partial charge < -0.3 is 5.11 Å². The van der Waals surface area contributed by atoms with E-state index < -0.39 is 29.4 Å². The number of benzene rings is 2. The van der Waals surface area contributed by atoms with Crippen molar-refractivity contribution in [1.29, 1.82) is 0 Å². The molecule has 6 nitrogen and oxygen atoms in total. The van der Waals surface area contributed by atoms with Crippen LogP contribution in [0.5, 0.6) is 0 Å². The Morgan fingerprint density at radius 1 is 1.06 bits per heavy atom. The van der Waals surface area contributed by atoms with Crippen LogP contribution in [0.15, 0.2) is 66.5 Å². The topological polar surface area (TPSA) is 83.4 Å². The highest BCUT2D eigenvalue weighted by atomic mass is 32.1. The molecule has 1 fully saturated rings. The van der Waals surface area contributed by atoms with E-state index in [0.717, 1.165) is 29.0 Å². The summed E-state index contributed by atoms with van der Waals surface area (Å²) in [5.74, 6) is -4.21. The van der Waals surface area contributed by atoms with Gasteiger partial charge in [0.15, 0.2) is 16.8 Å². The third kappa shape index (κ3) is 3.46. The van der Waals surface area contributed by atoms with Crippen molar-refractivity contribution in [3.63, 3.8) is 0 Å². The fourth-order valence-electron chi connectivity index (χ4n) is 3.87. The van der Waals surface area contributed by atoms with Gasteiger partial charge in [-0.3, -0.25) is 19.5 Å². The molecule has 2 aromatic heterocycles. The van der Waals surface area contributed by atoms with Crippen LogP contribution in [0.3, 0.4) is 0 Å². The molecule has 1 aliphatic rings. The number of amides is 1. The number of Topliss-reactive ketones (excluding diaryl/α,β-unsaturated/α-hetero) is 1. The van der Waals surface area contributed by atoms with Crippen molar-refractivity contribution in [1.82, 2.24) is 9.97 Å². The summed E-state index contributed by atoms with van der Waals surface area (Å²) in [7, 11) is 0. The van der Waals surface area contributed by atoms with Crippen molar-refractivity contribution >= 4 is 44.1 Å². The van der Waals surface area contributed by atoms with Crippen LogP contribution in [0.4, 0.5) is 13.9 Å². The number of anilines is 1. The van der Waals surface area contributed by atoms with Gasteiger partial charge in [-0.25, -0.2) is 13.8 Å². The maximum Gasteiger partial charge on any atom is 0.301 e. The molecule has 1 aliphatic heterocycles. The Hall–Kier alpha value is -3.98. The molecule has 0 aliphatic carbocycles. The van der Waals surface area contributed by atoms with Crippen molar-refractivity contribution in [2.24, 2.45) is 0 Å². The average molecular weight is 463 g/mol. The molecule has 5 rings (SSSR count). The Kier molecular flexibility index (Phi) is 4.98. The first-order valence-corrected chi connectivity index (χ1v) is 10.7. The Morgan fingerprint density at radius 3 is 2.52 bits per heavy atom. The molecule has 0 bridgehead atoms. The number of halogens is 2. The minimum atomic E-state index is -1.06. The minimum absolute atomic E-state index is 0.0948. The summed E-state index contributed by atoms with van der Waals surface area (Å²) in [6, 6.07) is 11.2. The van der Waals surface area contributed by atoms with Crippen molar-refractivity contribution < 1.29 is 23.5 Å². The Labute approximate surface area is 190 Å². The molecule has 1 atom stereocenters. The third-order valence-corrected chi connectivity index (χ3v) is 6.40. The quantitative estimate of drug-likeness (QED) is 0.265. The predicted molar refractivity (Wildman–Crippen MR) is 120 cm³/mol. The van der Waals surface area contributed by atoms with E-state index in [1.54, 1.807) is 18.2 Å². The molecule has 3 heterocycles. The van der Waals surface area contributed by atoms with Gasteiger partial charge in [-0.2, -0.15) is 0 Å². The zero-order valence-corrected chi connectivity index (χ0v) is 17.9. The van der Waals surface area contributed by atoms with Gasteiger partial charge >= 0.3 is 5.91 Å². The summed E-state index contributed by atoms with van der Waals surface area (Å²) in [5, 5.41) is 11.1.